The number of anilines is 1. The number of hydrogen-bond donors (Lipinski definition) is 1. The van der Waals surface area contributed by atoms with Gasteiger partial charge in [-0.05, 0) is 0 Å². The molecule has 0 aromatic heterocycles. The number of ether oxygens (including phenoxy) is 3. The van der Waals surface area contributed by atoms with Crippen molar-refractivity contribution in [2.45, 2.75) is 6.42 Å². The van der Waals surface area contributed by atoms with Crippen LogP contribution < -0.4 is 14.8 Å². The summed E-state index contributed by atoms with van der Waals surface area (Å²) >= 11 is 0. The van der Waals surface area contributed by atoms with Gasteiger partial charge in [0.05, 0.1) is 32.4 Å². The fourth-order valence-electron chi connectivity index (χ4n) is 1.22. The van der Waals surface area contributed by atoms with E-state index in [2.05, 4.69) is 5.32 Å². The van der Waals surface area contributed by atoms with E-state index in [0.29, 0.717) is 17.2 Å². The van der Waals surface area contributed by atoms with E-state index in [9.17, 15) is 4.79 Å². The molecule has 1 rings (SSSR count). The fraction of sp³-hybridized carbons (Fsp3) is 0.333. The number of nitriles is 1. The minimum atomic E-state index is -0.624. The molecule has 0 bridgehead atoms. The highest BCUT2D eigenvalue weighted by atomic mass is 16.5. The third kappa shape index (κ3) is 4.22. The molecule has 1 aromatic rings. The van der Waals surface area contributed by atoms with Gasteiger partial charge in [0.1, 0.15) is 18.1 Å². The molecular weight excluding hydrogens is 236 g/mol. The third-order valence-electron chi connectivity index (χ3n) is 2.04. The molecule has 0 unspecified atom stereocenters. The maximum absolute atomic E-state index is 11.4. The van der Waals surface area contributed by atoms with Crippen LogP contribution in [0.4, 0.5) is 10.5 Å². The van der Waals surface area contributed by atoms with Gasteiger partial charge in [-0.1, -0.05) is 0 Å². The minimum absolute atomic E-state index is 0.0590. The van der Waals surface area contributed by atoms with E-state index >= 15 is 0 Å². The Morgan fingerprint density at radius 1 is 1.28 bits per heavy atom. The summed E-state index contributed by atoms with van der Waals surface area (Å²) in [5, 5.41) is 10.8. The Balaban J connectivity index is 2.66. The lowest BCUT2D eigenvalue weighted by atomic mass is 10.3. The number of benzene rings is 1. The highest BCUT2D eigenvalue weighted by Gasteiger charge is 2.06. The topological polar surface area (TPSA) is 80.6 Å². The average Bonchev–Trinajstić information content (AvgIpc) is 2.38. The normalized spacial score (nSPS) is 9.17. The van der Waals surface area contributed by atoms with E-state index in [1.165, 1.54) is 14.2 Å². The minimum Gasteiger partial charge on any atom is -0.497 e. The Hall–Kier alpha value is -2.42. The van der Waals surface area contributed by atoms with E-state index in [-0.39, 0.29) is 13.0 Å². The first kappa shape index (κ1) is 13.6. The zero-order chi connectivity index (χ0) is 13.4. The lowest BCUT2D eigenvalue weighted by Gasteiger charge is -2.09. The number of carbonyl (C=O) groups excluding carboxylic acids is 1. The van der Waals surface area contributed by atoms with Crippen molar-refractivity contribution in [3.05, 3.63) is 18.2 Å². The van der Waals surface area contributed by atoms with E-state index < -0.39 is 6.09 Å². The van der Waals surface area contributed by atoms with Gasteiger partial charge in [0, 0.05) is 18.2 Å². The van der Waals surface area contributed by atoms with Gasteiger partial charge in [-0.3, -0.25) is 5.32 Å². The van der Waals surface area contributed by atoms with Crippen molar-refractivity contribution in [2.75, 3.05) is 26.1 Å². The van der Waals surface area contributed by atoms with Gasteiger partial charge in [0.25, 0.3) is 0 Å². The molecule has 1 aromatic carbocycles. The predicted octanol–water partition coefficient (Wildman–Crippen LogP) is 2.17. The van der Waals surface area contributed by atoms with Gasteiger partial charge in [-0.25, -0.2) is 4.79 Å². The average molecular weight is 250 g/mol. The second-order valence-electron chi connectivity index (χ2n) is 3.27. The van der Waals surface area contributed by atoms with Crippen LogP contribution in [0, 0.1) is 11.3 Å². The van der Waals surface area contributed by atoms with Crippen molar-refractivity contribution >= 4 is 11.8 Å². The summed E-state index contributed by atoms with van der Waals surface area (Å²) < 4.78 is 14.9. The third-order valence-corrected chi connectivity index (χ3v) is 2.04. The van der Waals surface area contributed by atoms with Gasteiger partial charge < -0.3 is 14.2 Å². The van der Waals surface area contributed by atoms with Gasteiger partial charge in [-0.2, -0.15) is 5.26 Å². The van der Waals surface area contributed by atoms with Gasteiger partial charge in [0.2, 0.25) is 0 Å². The lowest BCUT2D eigenvalue weighted by Crippen LogP contribution is -2.14. The van der Waals surface area contributed by atoms with Gasteiger partial charge >= 0.3 is 6.09 Å². The quantitative estimate of drug-likeness (QED) is 0.810. The molecule has 0 aliphatic carbocycles. The molecule has 0 spiro atoms. The molecule has 1 amide bonds. The lowest BCUT2D eigenvalue weighted by molar-refractivity contribution is 0.164. The fourth-order valence-corrected chi connectivity index (χ4v) is 1.22. The maximum atomic E-state index is 11.4. The van der Waals surface area contributed by atoms with Crippen LogP contribution >= 0.6 is 0 Å². The van der Waals surface area contributed by atoms with E-state index in [1.807, 2.05) is 6.07 Å². The molecular formula is C12H14N2O4. The molecule has 18 heavy (non-hydrogen) atoms. The van der Waals surface area contributed by atoms with Crippen molar-refractivity contribution in [2.24, 2.45) is 0 Å². The van der Waals surface area contributed by atoms with Crippen LogP contribution in [0.2, 0.25) is 0 Å². The van der Waals surface area contributed by atoms with Crippen molar-refractivity contribution < 1.29 is 19.0 Å². The molecule has 0 aliphatic rings. The van der Waals surface area contributed by atoms with E-state index in [0.717, 1.165) is 0 Å². The van der Waals surface area contributed by atoms with Crippen LogP contribution in [0.15, 0.2) is 18.2 Å². The Morgan fingerprint density at radius 3 is 2.39 bits per heavy atom. The molecule has 6 heteroatoms. The van der Waals surface area contributed by atoms with Gasteiger partial charge in [-0.15, -0.1) is 0 Å². The Bertz CT molecular complexity index is 432. The summed E-state index contributed by atoms with van der Waals surface area (Å²) in [5.74, 6) is 1.11. The zero-order valence-corrected chi connectivity index (χ0v) is 10.2. The first-order chi connectivity index (χ1) is 8.69. The summed E-state index contributed by atoms with van der Waals surface area (Å²) in [6.45, 7) is 0.0590. The van der Waals surface area contributed by atoms with Crippen molar-refractivity contribution in [1.29, 1.82) is 5.26 Å². The van der Waals surface area contributed by atoms with Crippen LogP contribution in [0.5, 0.6) is 11.5 Å². The van der Waals surface area contributed by atoms with Gasteiger partial charge in [0.15, 0.2) is 0 Å². The highest BCUT2D eigenvalue weighted by molar-refractivity contribution is 5.85. The summed E-state index contributed by atoms with van der Waals surface area (Å²) in [6, 6.07) is 6.83. The number of hydrogen-bond acceptors (Lipinski definition) is 5. The summed E-state index contributed by atoms with van der Waals surface area (Å²) in [7, 11) is 3.04. The smallest absolute Gasteiger partial charge is 0.411 e. The van der Waals surface area contributed by atoms with E-state index in [1.54, 1.807) is 18.2 Å². The number of nitrogens with one attached hydrogen (secondary N) is 1. The summed E-state index contributed by atoms with van der Waals surface area (Å²) in [5.41, 5.74) is 0.494. The second-order valence-corrected chi connectivity index (χ2v) is 3.27. The number of amides is 1. The van der Waals surface area contributed by atoms with E-state index in [4.69, 9.17) is 19.5 Å². The van der Waals surface area contributed by atoms with Crippen molar-refractivity contribution in [3.8, 4) is 17.6 Å². The molecule has 0 saturated heterocycles. The largest absolute Gasteiger partial charge is 0.497 e. The first-order valence-electron chi connectivity index (χ1n) is 5.23. The molecule has 0 heterocycles. The van der Waals surface area contributed by atoms with Crippen LogP contribution in [-0.4, -0.2) is 26.9 Å². The zero-order valence-electron chi connectivity index (χ0n) is 10.2. The molecule has 6 nitrogen and oxygen atoms in total. The number of nitrogens with zero attached hydrogens (tertiary/aromatic N) is 1. The molecule has 0 saturated carbocycles. The maximum Gasteiger partial charge on any atom is 0.411 e. The van der Waals surface area contributed by atoms with Crippen LogP contribution in [0.25, 0.3) is 0 Å². The monoisotopic (exact) mass is 250 g/mol. The second kappa shape index (κ2) is 7.01. The number of rotatable bonds is 5. The first-order valence-corrected chi connectivity index (χ1v) is 5.23. The molecule has 0 atom stereocenters. The molecule has 0 aliphatic heterocycles. The summed E-state index contributed by atoms with van der Waals surface area (Å²) in [6.07, 6.45) is -0.463. The number of methoxy groups -OCH3 is 2. The highest BCUT2D eigenvalue weighted by Crippen LogP contribution is 2.25. The SMILES string of the molecule is COc1cc(NC(=O)OCCC#N)cc(OC)c1. The van der Waals surface area contributed by atoms with Crippen LogP contribution in [0.3, 0.4) is 0 Å². The van der Waals surface area contributed by atoms with Crippen LogP contribution in [-0.2, 0) is 4.74 Å². The summed E-state index contributed by atoms with van der Waals surface area (Å²) in [4.78, 5) is 11.4. The Kier molecular flexibility index (Phi) is 5.32. The molecule has 0 radical (unpaired) electrons. The Labute approximate surface area is 105 Å². The molecule has 1 N–H and O–H groups in total. The van der Waals surface area contributed by atoms with Crippen molar-refractivity contribution in [3.63, 3.8) is 0 Å². The molecule has 0 fully saturated rings. The predicted molar refractivity (Wildman–Crippen MR) is 64.7 cm³/mol. The Morgan fingerprint density at radius 2 is 1.89 bits per heavy atom. The molecule has 96 valence electrons. The number of carbonyl (C=O) groups is 1. The standard InChI is InChI=1S/C12H14N2O4/c1-16-10-6-9(7-11(8-10)17-2)14-12(15)18-5-3-4-13/h6-8H,3,5H2,1-2H3,(H,14,15). The van der Waals surface area contributed by atoms with Crippen LogP contribution in [0.1, 0.15) is 6.42 Å². The van der Waals surface area contributed by atoms with Crippen molar-refractivity contribution in [1.82, 2.24) is 0 Å².